The highest BCUT2D eigenvalue weighted by molar-refractivity contribution is 5.79. The summed E-state index contributed by atoms with van der Waals surface area (Å²) in [6.07, 6.45) is 0.190. The lowest BCUT2D eigenvalue weighted by Crippen LogP contribution is -2.32. The van der Waals surface area contributed by atoms with Gasteiger partial charge in [-0.2, -0.15) is 5.10 Å². The van der Waals surface area contributed by atoms with Crippen molar-refractivity contribution in [3.05, 3.63) is 77.1 Å². The second-order valence-electron chi connectivity index (χ2n) is 6.81. The Balaban J connectivity index is 1.62. The van der Waals surface area contributed by atoms with Gasteiger partial charge in [-0.15, -0.1) is 0 Å². The molecule has 0 fully saturated rings. The molecule has 2 aromatic carbocycles. The van der Waals surface area contributed by atoms with Gasteiger partial charge < -0.3 is 9.64 Å². The first kappa shape index (κ1) is 20.5. The molecule has 1 heterocycles. The standard InChI is InChI=1S/C22H23F2N3O2/c1-15-19(16(2)27(25-15)18-10-8-17(23)9-11-18)14-22(28)26(3)12-13-29-21-7-5-4-6-20(21)24/h4-11H,12-14H2,1-3H3. The fourth-order valence-corrected chi connectivity index (χ4v) is 3.03. The van der Waals surface area contributed by atoms with Gasteiger partial charge in [-0.1, -0.05) is 12.1 Å². The zero-order chi connectivity index (χ0) is 21.0. The molecule has 1 amide bonds. The van der Waals surface area contributed by atoms with Crippen molar-refractivity contribution in [1.82, 2.24) is 14.7 Å². The lowest BCUT2D eigenvalue weighted by molar-refractivity contribution is -0.129. The molecule has 1 aromatic heterocycles. The number of carbonyl (C=O) groups excluding carboxylic acids is 1. The Kier molecular flexibility index (Phi) is 6.26. The molecule has 0 aliphatic heterocycles. The third-order valence-corrected chi connectivity index (χ3v) is 4.79. The van der Waals surface area contributed by atoms with E-state index in [1.165, 1.54) is 18.2 Å². The number of hydrogen-bond donors (Lipinski definition) is 0. The Morgan fingerprint density at radius 1 is 1.10 bits per heavy atom. The van der Waals surface area contributed by atoms with Crippen molar-refractivity contribution in [2.75, 3.05) is 20.2 Å². The lowest BCUT2D eigenvalue weighted by Gasteiger charge is -2.18. The van der Waals surface area contributed by atoms with E-state index in [9.17, 15) is 13.6 Å². The van der Waals surface area contributed by atoms with Crippen LogP contribution in [0.25, 0.3) is 5.69 Å². The molecular weight excluding hydrogens is 376 g/mol. The van der Waals surface area contributed by atoms with Crippen LogP contribution in [0.2, 0.25) is 0 Å². The first-order chi connectivity index (χ1) is 13.9. The summed E-state index contributed by atoms with van der Waals surface area (Å²) in [6.45, 7) is 4.25. The Bertz CT molecular complexity index is 1000. The van der Waals surface area contributed by atoms with E-state index >= 15 is 0 Å². The maximum Gasteiger partial charge on any atom is 0.226 e. The molecule has 0 saturated carbocycles. The zero-order valence-electron chi connectivity index (χ0n) is 16.7. The van der Waals surface area contributed by atoms with E-state index in [1.807, 2.05) is 13.8 Å². The molecule has 3 aromatic rings. The van der Waals surface area contributed by atoms with Crippen molar-refractivity contribution < 1.29 is 18.3 Å². The predicted octanol–water partition coefficient (Wildman–Crippen LogP) is 3.85. The molecule has 0 spiro atoms. The van der Waals surface area contributed by atoms with E-state index in [1.54, 1.807) is 47.0 Å². The van der Waals surface area contributed by atoms with Crippen molar-refractivity contribution in [3.8, 4) is 11.4 Å². The third kappa shape index (κ3) is 4.80. The molecule has 3 rings (SSSR count). The van der Waals surface area contributed by atoms with Crippen LogP contribution in [0.3, 0.4) is 0 Å². The van der Waals surface area contributed by atoms with Gasteiger partial charge in [-0.05, 0) is 50.2 Å². The van der Waals surface area contributed by atoms with Crippen molar-refractivity contribution in [2.24, 2.45) is 0 Å². The number of rotatable bonds is 7. The van der Waals surface area contributed by atoms with Crippen LogP contribution in [0.4, 0.5) is 8.78 Å². The molecule has 0 unspecified atom stereocenters. The van der Waals surface area contributed by atoms with Crippen LogP contribution in [0.5, 0.6) is 5.75 Å². The molecule has 0 atom stereocenters. The average molecular weight is 399 g/mol. The number of aryl methyl sites for hydroxylation is 1. The molecule has 0 aliphatic carbocycles. The SMILES string of the molecule is Cc1nn(-c2ccc(F)cc2)c(C)c1CC(=O)N(C)CCOc1ccccc1F. The monoisotopic (exact) mass is 399 g/mol. The van der Waals surface area contributed by atoms with Crippen LogP contribution < -0.4 is 4.74 Å². The van der Waals surface area contributed by atoms with E-state index in [0.29, 0.717) is 6.54 Å². The Morgan fingerprint density at radius 3 is 2.48 bits per heavy atom. The van der Waals surface area contributed by atoms with Gasteiger partial charge in [0.2, 0.25) is 5.91 Å². The number of amides is 1. The number of halogens is 2. The molecule has 0 N–H and O–H groups in total. The number of aromatic nitrogens is 2. The van der Waals surface area contributed by atoms with Crippen LogP contribution in [-0.4, -0.2) is 40.8 Å². The summed E-state index contributed by atoms with van der Waals surface area (Å²) in [4.78, 5) is 14.2. The highest BCUT2D eigenvalue weighted by Crippen LogP contribution is 2.19. The fraction of sp³-hybridized carbons (Fsp3) is 0.273. The Hall–Kier alpha value is -3.22. The average Bonchev–Trinajstić information content (AvgIpc) is 2.98. The largest absolute Gasteiger partial charge is 0.489 e. The van der Waals surface area contributed by atoms with Crippen molar-refractivity contribution in [3.63, 3.8) is 0 Å². The number of likely N-dealkylation sites (N-methyl/N-ethyl adjacent to an activating group) is 1. The minimum atomic E-state index is -0.430. The summed E-state index contributed by atoms with van der Waals surface area (Å²) in [5.74, 6) is -0.668. The van der Waals surface area contributed by atoms with Crippen molar-refractivity contribution in [2.45, 2.75) is 20.3 Å². The van der Waals surface area contributed by atoms with E-state index in [4.69, 9.17) is 4.74 Å². The van der Waals surface area contributed by atoms with Gasteiger partial charge in [0.1, 0.15) is 12.4 Å². The lowest BCUT2D eigenvalue weighted by atomic mass is 10.1. The van der Waals surface area contributed by atoms with Gasteiger partial charge in [0.05, 0.1) is 24.3 Å². The minimum Gasteiger partial charge on any atom is -0.489 e. The van der Waals surface area contributed by atoms with Crippen LogP contribution in [0.1, 0.15) is 17.0 Å². The van der Waals surface area contributed by atoms with Gasteiger partial charge in [-0.3, -0.25) is 4.79 Å². The number of para-hydroxylation sites is 1. The smallest absolute Gasteiger partial charge is 0.226 e. The molecule has 29 heavy (non-hydrogen) atoms. The quantitative estimate of drug-likeness (QED) is 0.606. The summed E-state index contributed by atoms with van der Waals surface area (Å²) < 4.78 is 33.9. The van der Waals surface area contributed by atoms with Gasteiger partial charge >= 0.3 is 0 Å². The fourth-order valence-electron chi connectivity index (χ4n) is 3.03. The Labute approximate surface area is 168 Å². The maximum atomic E-state index is 13.6. The number of benzene rings is 2. The molecule has 5 nitrogen and oxygen atoms in total. The van der Waals surface area contributed by atoms with Gasteiger partial charge in [0, 0.05) is 18.3 Å². The van der Waals surface area contributed by atoms with Gasteiger partial charge in [0.25, 0.3) is 0 Å². The molecular formula is C22H23F2N3O2. The van der Waals surface area contributed by atoms with E-state index in [2.05, 4.69) is 5.10 Å². The number of hydrogen-bond acceptors (Lipinski definition) is 3. The summed E-state index contributed by atoms with van der Waals surface area (Å²) in [7, 11) is 1.68. The molecule has 0 radical (unpaired) electrons. The number of ether oxygens (including phenoxy) is 1. The summed E-state index contributed by atoms with van der Waals surface area (Å²) in [5, 5.41) is 4.49. The highest BCUT2D eigenvalue weighted by atomic mass is 19.1. The van der Waals surface area contributed by atoms with E-state index in [0.717, 1.165) is 22.6 Å². The van der Waals surface area contributed by atoms with Crippen LogP contribution in [0.15, 0.2) is 48.5 Å². The highest BCUT2D eigenvalue weighted by Gasteiger charge is 2.18. The first-order valence-corrected chi connectivity index (χ1v) is 9.29. The number of nitrogens with zero attached hydrogens (tertiary/aromatic N) is 3. The molecule has 152 valence electrons. The second-order valence-corrected chi connectivity index (χ2v) is 6.81. The predicted molar refractivity (Wildman–Crippen MR) is 106 cm³/mol. The van der Waals surface area contributed by atoms with Gasteiger partial charge in [0.15, 0.2) is 11.6 Å². The van der Waals surface area contributed by atoms with Crippen molar-refractivity contribution in [1.29, 1.82) is 0 Å². The minimum absolute atomic E-state index is 0.0908. The zero-order valence-corrected chi connectivity index (χ0v) is 16.7. The Morgan fingerprint density at radius 2 is 1.79 bits per heavy atom. The summed E-state index contributed by atoms with van der Waals surface area (Å²) >= 11 is 0. The topological polar surface area (TPSA) is 47.4 Å². The molecule has 7 heteroatoms. The van der Waals surface area contributed by atoms with E-state index in [-0.39, 0.29) is 30.5 Å². The van der Waals surface area contributed by atoms with Crippen LogP contribution in [-0.2, 0) is 11.2 Å². The van der Waals surface area contributed by atoms with Crippen LogP contribution >= 0.6 is 0 Å². The van der Waals surface area contributed by atoms with Gasteiger partial charge in [-0.25, -0.2) is 13.5 Å². The molecule has 0 aliphatic rings. The summed E-state index contributed by atoms with van der Waals surface area (Å²) in [6, 6.07) is 12.2. The maximum absolute atomic E-state index is 13.6. The van der Waals surface area contributed by atoms with Crippen molar-refractivity contribution >= 4 is 5.91 Å². The first-order valence-electron chi connectivity index (χ1n) is 9.29. The number of carbonyl (C=O) groups is 1. The summed E-state index contributed by atoms with van der Waals surface area (Å²) in [5.41, 5.74) is 3.15. The third-order valence-electron chi connectivity index (χ3n) is 4.79. The van der Waals surface area contributed by atoms with E-state index < -0.39 is 5.82 Å². The normalized spacial score (nSPS) is 10.8. The second kappa shape index (κ2) is 8.86. The molecule has 0 bridgehead atoms. The van der Waals surface area contributed by atoms with Crippen LogP contribution in [0, 0.1) is 25.5 Å². The molecule has 0 saturated heterocycles.